The third-order valence-electron chi connectivity index (χ3n) is 13.7. The van der Waals surface area contributed by atoms with E-state index in [9.17, 15) is 53.4 Å². The Morgan fingerprint density at radius 2 is 1.56 bits per heavy atom. The van der Waals surface area contributed by atoms with Crippen LogP contribution in [-0.4, -0.2) is 166 Å². The van der Waals surface area contributed by atoms with Crippen molar-refractivity contribution in [3.05, 3.63) is 29.8 Å². The fraction of sp³-hybridized carbons (Fsp3) is 0.712. The molecule has 5 N–H and O–H groups in total. The van der Waals surface area contributed by atoms with E-state index in [0.29, 0.717) is 30.6 Å². The Morgan fingerprint density at radius 3 is 2.11 bits per heavy atom. The molecule has 0 aliphatic carbocycles. The number of nitrogens with one attached hydrogen (secondary N) is 3. The first-order chi connectivity index (χ1) is 33.8. The lowest BCUT2D eigenvalue weighted by Crippen LogP contribution is -2.62. The molecule has 0 spiro atoms. The highest BCUT2D eigenvalue weighted by molar-refractivity contribution is 6.05. The average Bonchev–Trinajstić information content (AvgIpc) is 3.83. The molecule has 1 aromatic rings. The van der Waals surface area contributed by atoms with Crippen LogP contribution < -0.4 is 20.7 Å². The van der Waals surface area contributed by atoms with Crippen molar-refractivity contribution in [2.24, 2.45) is 23.7 Å². The van der Waals surface area contributed by atoms with Gasteiger partial charge < -0.3 is 55.1 Å². The van der Waals surface area contributed by atoms with Crippen LogP contribution in [0.25, 0.3) is 0 Å². The van der Waals surface area contributed by atoms with Crippen LogP contribution in [0.1, 0.15) is 126 Å². The molecule has 72 heavy (non-hydrogen) atoms. The molecule has 20 heteroatoms. The maximum Gasteiger partial charge on any atom is 0.329 e. The number of nitrogens with zero attached hydrogens (tertiary/aromatic N) is 3. The summed E-state index contributed by atoms with van der Waals surface area (Å²) in [6.45, 7) is 16.7. The van der Waals surface area contributed by atoms with Gasteiger partial charge in [-0.2, -0.15) is 0 Å². The number of rotatable bonds is 15. The molecule has 0 radical (unpaired) electrons. The van der Waals surface area contributed by atoms with Gasteiger partial charge in [-0.25, -0.2) is 4.79 Å². The van der Waals surface area contributed by atoms with Crippen LogP contribution in [0.5, 0.6) is 5.75 Å². The normalized spacial score (nSPS) is 27.0. The summed E-state index contributed by atoms with van der Waals surface area (Å²) in [5.74, 6) is -8.89. The Kier molecular flexibility index (Phi) is 23.6. The highest BCUT2D eigenvalue weighted by Gasteiger charge is 2.44. The summed E-state index contributed by atoms with van der Waals surface area (Å²) in [5.41, 5.74) is 0.583. The molecular weight excluding hydrogens is 933 g/mol. The van der Waals surface area contributed by atoms with E-state index in [2.05, 4.69) is 16.0 Å². The summed E-state index contributed by atoms with van der Waals surface area (Å²) in [6, 6.07) is -1.00. The minimum absolute atomic E-state index is 0.0382. The first-order valence-electron chi connectivity index (χ1n) is 25.5. The number of ketones is 1. The molecule has 3 rings (SSSR count). The van der Waals surface area contributed by atoms with Gasteiger partial charge in [0.2, 0.25) is 29.5 Å². The van der Waals surface area contributed by atoms with Gasteiger partial charge in [-0.3, -0.25) is 38.4 Å². The second kappa shape index (κ2) is 28.0. The highest BCUT2D eigenvalue weighted by atomic mass is 16.6. The zero-order valence-corrected chi connectivity index (χ0v) is 44.6. The monoisotopic (exact) mass is 1010 g/mol. The number of Topliss-reactive ketones (excluding diaryl/α,β-unsaturated/α-hetero) is 1. The summed E-state index contributed by atoms with van der Waals surface area (Å²) in [7, 11) is 4.23. The van der Waals surface area contributed by atoms with Gasteiger partial charge in [-0.15, -0.1) is 0 Å². The molecule has 0 saturated carbocycles. The maximum atomic E-state index is 14.8. The summed E-state index contributed by atoms with van der Waals surface area (Å²) >= 11 is 0. The zero-order valence-electron chi connectivity index (χ0n) is 44.6. The van der Waals surface area contributed by atoms with Gasteiger partial charge in [0.05, 0.1) is 31.6 Å². The molecule has 0 aromatic heterocycles. The van der Waals surface area contributed by atoms with Crippen LogP contribution in [0.2, 0.25) is 0 Å². The predicted molar refractivity (Wildman–Crippen MR) is 266 cm³/mol. The predicted octanol–water partition coefficient (Wildman–Crippen LogP) is 2.47. The molecule has 404 valence electrons. The van der Waals surface area contributed by atoms with E-state index in [0.717, 1.165) is 4.90 Å². The minimum atomic E-state index is -1.72. The number of aliphatic hydroxyl groups is 2. The van der Waals surface area contributed by atoms with Crippen molar-refractivity contribution in [2.45, 2.75) is 188 Å². The van der Waals surface area contributed by atoms with E-state index in [4.69, 9.17) is 14.2 Å². The number of ether oxygens (including phenoxy) is 3. The summed E-state index contributed by atoms with van der Waals surface area (Å²) in [4.78, 5) is 131. The Morgan fingerprint density at radius 1 is 0.917 bits per heavy atom. The van der Waals surface area contributed by atoms with Crippen LogP contribution in [0, 0.1) is 23.7 Å². The smallest absolute Gasteiger partial charge is 0.329 e. The van der Waals surface area contributed by atoms with E-state index in [1.807, 2.05) is 27.7 Å². The number of aliphatic hydroxyl groups excluding tert-OH is 2. The van der Waals surface area contributed by atoms with Crippen LogP contribution in [0.3, 0.4) is 0 Å². The van der Waals surface area contributed by atoms with Gasteiger partial charge >= 0.3 is 11.9 Å². The standard InChI is InChI=1S/C52H82N6O14/c1-14-17-41-45(62)31(8)46(63)53-36(24-28(3)4)50(67)58-23-16-18-37(58)51(68)57(12)39(26-34-19-21-35(70-13)22-20-34)52(69)71-33(10)44(48(65)54-43(30(7)15-2)40(60)27-42(61)72-41)55-47(64)38(25-29(5)6)56(11)49(66)32(9)59/h19-22,28-33,36-41,43-44,59-60H,14-18,23-27H2,1-13H3,(H,53,63)(H,54,65)(H,55,64). The molecule has 20 nitrogen and oxygen atoms in total. The summed E-state index contributed by atoms with van der Waals surface area (Å²) in [6.07, 6.45) is -5.14. The largest absolute Gasteiger partial charge is 0.497 e. The number of hydrogen-bond donors (Lipinski definition) is 5. The van der Waals surface area contributed by atoms with E-state index < -0.39 is 132 Å². The molecule has 2 aliphatic rings. The molecule has 6 amide bonds. The number of carbonyl (C=O) groups is 9. The number of methoxy groups -OCH3 is 1. The van der Waals surface area contributed by atoms with Gasteiger partial charge in [0, 0.05) is 27.1 Å². The van der Waals surface area contributed by atoms with Crippen molar-refractivity contribution in [3.63, 3.8) is 0 Å². The van der Waals surface area contributed by atoms with Crippen molar-refractivity contribution in [1.29, 1.82) is 0 Å². The third kappa shape index (κ3) is 16.4. The molecule has 2 aliphatic heterocycles. The van der Waals surface area contributed by atoms with E-state index in [-0.39, 0.29) is 50.5 Å². The number of esters is 2. The van der Waals surface area contributed by atoms with Crippen LogP contribution >= 0.6 is 0 Å². The summed E-state index contributed by atoms with van der Waals surface area (Å²) in [5, 5.41) is 30.1. The molecular formula is C52H82N6O14. The molecule has 2 heterocycles. The SMILES string of the molecule is CCCC1OC(=O)CC(O)C(C(C)CC)NC(=O)C(NC(=O)C(CC(C)C)N(C)C(=O)C(C)O)C(C)OC(=O)C(Cc2ccc(OC)cc2)N(C)C(=O)C2CCCN2C(=O)C(CC(C)C)NC(=O)C(C)C1=O. The Bertz CT molecular complexity index is 2050. The lowest BCUT2D eigenvalue weighted by molar-refractivity contribution is -0.162. The lowest BCUT2D eigenvalue weighted by atomic mass is 9.92. The maximum absolute atomic E-state index is 14.8. The molecule has 0 bridgehead atoms. The number of likely N-dealkylation sites (N-methyl/N-ethyl adjacent to an activating group) is 2. The average molecular weight is 1020 g/mol. The second-order valence-electron chi connectivity index (χ2n) is 20.4. The number of cyclic esters (lactones) is 2. The van der Waals surface area contributed by atoms with E-state index in [1.54, 1.807) is 45.0 Å². The third-order valence-corrected chi connectivity index (χ3v) is 13.7. The van der Waals surface area contributed by atoms with Crippen molar-refractivity contribution in [3.8, 4) is 5.75 Å². The lowest BCUT2D eigenvalue weighted by Gasteiger charge is -2.36. The Labute approximate surface area is 425 Å². The number of hydrogen-bond acceptors (Lipinski definition) is 14. The van der Waals surface area contributed by atoms with Gasteiger partial charge in [-0.1, -0.05) is 73.4 Å². The highest BCUT2D eigenvalue weighted by Crippen LogP contribution is 2.26. The van der Waals surface area contributed by atoms with Gasteiger partial charge in [0.15, 0.2) is 11.9 Å². The van der Waals surface area contributed by atoms with Gasteiger partial charge in [0.25, 0.3) is 5.91 Å². The summed E-state index contributed by atoms with van der Waals surface area (Å²) < 4.78 is 17.1. The molecule has 2 saturated heterocycles. The van der Waals surface area contributed by atoms with Crippen molar-refractivity contribution in [1.82, 2.24) is 30.7 Å². The number of carbonyl (C=O) groups excluding carboxylic acids is 9. The van der Waals surface area contributed by atoms with Crippen molar-refractivity contribution >= 4 is 53.2 Å². The van der Waals surface area contributed by atoms with E-state index >= 15 is 0 Å². The minimum Gasteiger partial charge on any atom is -0.497 e. The van der Waals surface area contributed by atoms with Crippen LogP contribution in [0.15, 0.2) is 24.3 Å². The van der Waals surface area contributed by atoms with Gasteiger partial charge in [-0.05, 0) is 88.3 Å². The van der Waals surface area contributed by atoms with E-state index in [1.165, 1.54) is 51.8 Å². The first-order valence-corrected chi connectivity index (χ1v) is 25.5. The zero-order chi connectivity index (χ0) is 54.3. The van der Waals surface area contributed by atoms with Gasteiger partial charge in [0.1, 0.15) is 48.2 Å². The number of benzene rings is 1. The molecule has 12 unspecified atom stereocenters. The Balaban J connectivity index is 2.28. The molecule has 12 atom stereocenters. The number of amides is 6. The topological polar surface area (TPSA) is 268 Å². The van der Waals surface area contributed by atoms with Crippen molar-refractivity contribution < 1.29 is 67.6 Å². The molecule has 2 fully saturated rings. The Hall–Kier alpha value is -5.63. The fourth-order valence-corrected chi connectivity index (χ4v) is 9.10. The quantitative estimate of drug-likeness (QED) is 0.125. The fourth-order valence-electron chi connectivity index (χ4n) is 9.10. The van der Waals surface area contributed by atoms with Crippen molar-refractivity contribution in [2.75, 3.05) is 27.7 Å². The second-order valence-corrected chi connectivity index (χ2v) is 20.4. The number of fused-ring (bicyclic) bond motifs is 1. The van der Waals surface area contributed by atoms with Crippen LogP contribution in [-0.2, 0) is 59.0 Å². The molecule has 1 aromatic carbocycles. The first kappa shape index (κ1) is 60.7. The van der Waals surface area contributed by atoms with Crippen LogP contribution in [0.4, 0.5) is 0 Å².